The summed E-state index contributed by atoms with van der Waals surface area (Å²) in [5, 5.41) is 12.3. The molecule has 1 N–H and O–H groups in total. The molecule has 0 amide bonds. The molecule has 1 aromatic heterocycles. The van der Waals surface area contributed by atoms with Gasteiger partial charge in [-0.1, -0.05) is 23.7 Å². The van der Waals surface area contributed by atoms with Crippen molar-refractivity contribution >= 4 is 22.9 Å². The monoisotopic (exact) mass is 242 g/mol. The molecular weight excluding hydrogens is 235 g/mol. The van der Waals surface area contributed by atoms with Crippen molar-refractivity contribution in [2.75, 3.05) is 0 Å². The quantitative estimate of drug-likeness (QED) is 0.853. The number of halogens is 2. The predicted octanol–water partition coefficient (Wildman–Crippen LogP) is 3.62. The highest BCUT2D eigenvalue weighted by molar-refractivity contribution is 7.10. The van der Waals surface area contributed by atoms with Gasteiger partial charge in [-0.05, 0) is 29.1 Å². The largest absolute Gasteiger partial charge is 0.383 e. The lowest BCUT2D eigenvalue weighted by Crippen LogP contribution is -1.97. The molecule has 1 nitrogen and oxygen atoms in total. The Hall–Kier alpha value is -0.900. The predicted molar refractivity (Wildman–Crippen MR) is 59.8 cm³/mol. The molecule has 0 aliphatic rings. The van der Waals surface area contributed by atoms with Crippen molar-refractivity contribution in [2.24, 2.45) is 0 Å². The molecule has 0 bridgehead atoms. The molecule has 0 fully saturated rings. The standard InChI is InChI=1S/C11H8ClFOS/c12-9-5-6-15-11(9)10(14)7-1-3-8(13)4-2-7/h1-6,10,14H. The number of thiophene rings is 1. The fourth-order valence-corrected chi connectivity index (χ4v) is 2.47. The van der Waals surface area contributed by atoms with E-state index >= 15 is 0 Å². The van der Waals surface area contributed by atoms with Gasteiger partial charge in [-0.3, -0.25) is 0 Å². The van der Waals surface area contributed by atoms with Crippen molar-refractivity contribution in [1.82, 2.24) is 0 Å². The highest BCUT2D eigenvalue weighted by atomic mass is 35.5. The maximum atomic E-state index is 12.7. The van der Waals surface area contributed by atoms with Crippen LogP contribution in [-0.2, 0) is 0 Å². The second-order valence-electron chi connectivity index (χ2n) is 3.09. The van der Waals surface area contributed by atoms with Crippen molar-refractivity contribution in [2.45, 2.75) is 6.10 Å². The number of hydrogen-bond acceptors (Lipinski definition) is 2. The minimum atomic E-state index is -0.780. The summed E-state index contributed by atoms with van der Waals surface area (Å²) in [5.74, 6) is -0.316. The van der Waals surface area contributed by atoms with Crippen molar-refractivity contribution in [3.63, 3.8) is 0 Å². The number of aliphatic hydroxyl groups is 1. The first-order chi connectivity index (χ1) is 7.18. The van der Waals surface area contributed by atoms with Crippen molar-refractivity contribution in [3.05, 3.63) is 57.0 Å². The van der Waals surface area contributed by atoms with Crippen molar-refractivity contribution in [1.29, 1.82) is 0 Å². The summed E-state index contributed by atoms with van der Waals surface area (Å²) in [5.41, 5.74) is 0.640. The molecule has 1 atom stereocenters. The van der Waals surface area contributed by atoms with Gasteiger partial charge in [0.05, 0.1) is 9.90 Å². The Labute approximate surface area is 95.8 Å². The lowest BCUT2D eigenvalue weighted by atomic mass is 10.1. The average Bonchev–Trinajstić information content (AvgIpc) is 2.65. The molecule has 0 spiro atoms. The van der Waals surface area contributed by atoms with Gasteiger partial charge >= 0.3 is 0 Å². The fourth-order valence-electron chi connectivity index (χ4n) is 1.30. The molecule has 4 heteroatoms. The Bertz CT molecular complexity index is 452. The number of hydrogen-bond donors (Lipinski definition) is 1. The minimum Gasteiger partial charge on any atom is -0.383 e. The third kappa shape index (κ3) is 2.20. The molecule has 78 valence electrons. The third-order valence-corrected chi connectivity index (χ3v) is 3.49. The van der Waals surface area contributed by atoms with E-state index < -0.39 is 6.10 Å². The molecule has 1 unspecified atom stereocenters. The van der Waals surface area contributed by atoms with Crippen molar-refractivity contribution < 1.29 is 9.50 Å². The number of benzene rings is 1. The molecule has 15 heavy (non-hydrogen) atoms. The molecular formula is C11H8ClFOS. The lowest BCUT2D eigenvalue weighted by molar-refractivity contribution is 0.224. The van der Waals surface area contributed by atoms with E-state index in [0.717, 1.165) is 0 Å². The SMILES string of the molecule is OC(c1ccc(F)cc1)c1sccc1Cl. The summed E-state index contributed by atoms with van der Waals surface area (Å²) < 4.78 is 12.7. The molecule has 0 aliphatic heterocycles. The van der Waals surface area contributed by atoms with E-state index in [0.29, 0.717) is 15.5 Å². The zero-order chi connectivity index (χ0) is 10.8. The fraction of sp³-hybridized carbons (Fsp3) is 0.0909. The summed E-state index contributed by atoms with van der Waals surface area (Å²) in [6.07, 6.45) is -0.780. The van der Waals surface area contributed by atoms with Crippen LogP contribution in [0.4, 0.5) is 4.39 Å². The van der Waals surface area contributed by atoms with Gasteiger partial charge in [0.25, 0.3) is 0 Å². The highest BCUT2D eigenvalue weighted by Crippen LogP contribution is 2.32. The Morgan fingerprint density at radius 3 is 2.40 bits per heavy atom. The molecule has 2 rings (SSSR count). The maximum Gasteiger partial charge on any atom is 0.123 e. The zero-order valence-electron chi connectivity index (χ0n) is 7.65. The molecule has 0 aliphatic carbocycles. The van der Waals surface area contributed by atoms with Gasteiger partial charge in [0.2, 0.25) is 0 Å². The third-order valence-electron chi connectivity index (χ3n) is 2.08. The van der Waals surface area contributed by atoms with E-state index in [1.807, 2.05) is 5.38 Å². The first kappa shape index (κ1) is 10.6. The van der Waals surface area contributed by atoms with Gasteiger partial charge in [-0.15, -0.1) is 11.3 Å². The van der Waals surface area contributed by atoms with Crippen LogP contribution in [0.15, 0.2) is 35.7 Å². The molecule has 0 radical (unpaired) electrons. The van der Waals surface area contributed by atoms with E-state index in [2.05, 4.69) is 0 Å². The van der Waals surface area contributed by atoms with Crippen LogP contribution in [0, 0.1) is 5.82 Å². The Morgan fingerprint density at radius 2 is 1.87 bits per heavy atom. The van der Waals surface area contributed by atoms with Gasteiger partial charge in [0.1, 0.15) is 11.9 Å². The van der Waals surface area contributed by atoms with Crippen LogP contribution in [0.25, 0.3) is 0 Å². The molecule has 2 aromatic rings. The summed E-state index contributed by atoms with van der Waals surface area (Å²) in [4.78, 5) is 0.684. The second-order valence-corrected chi connectivity index (χ2v) is 4.44. The second kappa shape index (κ2) is 4.31. The van der Waals surface area contributed by atoms with Gasteiger partial charge in [-0.25, -0.2) is 4.39 Å². The molecule has 1 heterocycles. The Kier molecular flexibility index (Phi) is 3.05. The van der Waals surface area contributed by atoms with E-state index in [9.17, 15) is 9.50 Å². The van der Waals surface area contributed by atoms with Crippen LogP contribution < -0.4 is 0 Å². The lowest BCUT2D eigenvalue weighted by Gasteiger charge is -2.09. The number of rotatable bonds is 2. The van der Waals surface area contributed by atoms with E-state index in [1.165, 1.54) is 23.5 Å². The van der Waals surface area contributed by atoms with Crippen molar-refractivity contribution in [3.8, 4) is 0 Å². The summed E-state index contributed by atoms with van der Waals surface area (Å²) in [7, 11) is 0. The van der Waals surface area contributed by atoms with Gasteiger partial charge in [0.15, 0.2) is 0 Å². The average molecular weight is 243 g/mol. The highest BCUT2D eigenvalue weighted by Gasteiger charge is 2.14. The van der Waals surface area contributed by atoms with Gasteiger partial charge < -0.3 is 5.11 Å². The zero-order valence-corrected chi connectivity index (χ0v) is 9.23. The smallest absolute Gasteiger partial charge is 0.123 e. The molecule has 1 aromatic carbocycles. The van der Waals surface area contributed by atoms with Crippen LogP contribution in [-0.4, -0.2) is 5.11 Å². The van der Waals surface area contributed by atoms with Gasteiger partial charge in [0, 0.05) is 0 Å². The van der Waals surface area contributed by atoms with Crippen LogP contribution in [0.3, 0.4) is 0 Å². The summed E-state index contributed by atoms with van der Waals surface area (Å²) in [6, 6.07) is 7.47. The number of aliphatic hydroxyl groups excluding tert-OH is 1. The molecule has 0 saturated heterocycles. The van der Waals surface area contributed by atoms with Crippen LogP contribution in [0.5, 0.6) is 0 Å². The van der Waals surface area contributed by atoms with E-state index in [1.54, 1.807) is 18.2 Å². The van der Waals surface area contributed by atoms with E-state index in [4.69, 9.17) is 11.6 Å². The van der Waals surface area contributed by atoms with Gasteiger partial charge in [-0.2, -0.15) is 0 Å². The normalized spacial score (nSPS) is 12.7. The molecule has 0 saturated carbocycles. The van der Waals surface area contributed by atoms with E-state index in [-0.39, 0.29) is 5.82 Å². The topological polar surface area (TPSA) is 20.2 Å². The summed E-state index contributed by atoms with van der Waals surface area (Å²) in [6.45, 7) is 0. The maximum absolute atomic E-state index is 12.7. The van der Waals surface area contributed by atoms with Crippen LogP contribution >= 0.6 is 22.9 Å². The Morgan fingerprint density at radius 1 is 1.20 bits per heavy atom. The first-order valence-electron chi connectivity index (χ1n) is 4.35. The first-order valence-corrected chi connectivity index (χ1v) is 5.60. The summed E-state index contributed by atoms with van der Waals surface area (Å²) >= 11 is 7.27. The Balaban J connectivity index is 2.32. The van der Waals surface area contributed by atoms with Crippen LogP contribution in [0.1, 0.15) is 16.5 Å². The minimum absolute atomic E-state index is 0.316. The van der Waals surface area contributed by atoms with Crippen LogP contribution in [0.2, 0.25) is 5.02 Å².